The maximum absolute atomic E-state index is 12.3. The predicted molar refractivity (Wildman–Crippen MR) is 84.3 cm³/mol. The van der Waals surface area contributed by atoms with E-state index in [0.29, 0.717) is 13.0 Å². The fourth-order valence-corrected chi connectivity index (χ4v) is 2.89. The van der Waals surface area contributed by atoms with E-state index in [0.717, 1.165) is 23.2 Å². The number of anilines is 1. The number of nitrogens with one attached hydrogen (secondary N) is 1. The van der Waals surface area contributed by atoms with E-state index >= 15 is 0 Å². The number of rotatable bonds is 4. The Hall–Kier alpha value is -1.84. The summed E-state index contributed by atoms with van der Waals surface area (Å²) < 4.78 is 0. The van der Waals surface area contributed by atoms with Crippen molar-refractivity contribution in [3.05, 3.63) is 29.3 Å². The smallest absolute Gasteiger partial charge is 0.227 e. The fraction of sp³-hybridized carbons (Fsp3) is 0.529. The fourth-order valence-electron chi connectivity index (χ4n) is 2.89. The topological polar surface area (TPSA) is 49.4 Å². The molecule has 114 valence electrons. The second kappa shape index (κ2) is 6.29. The standard InChI is InChI=1S/C17H24N2O2/c1-5-13-8-6-7-12(4)16(13)19-10-14(9-15(19)20)17(21)18-11(2)3/h6-8,11,14H,5,9-10H2,1-4H3,(H,18,21). The van der Waals surface area contributed by atoms with Gasteiger partial charge in [0, 0.05) is 24.7 Å². The zero-order chi connectivity index (χ0) is 15.6. The molecule has 1 saturated heterocycles. The number of carbonyl (C=O) groups is 2. The summed E-state index contributed by atoms with van der Waals surface area (Å²) in [4.78, 5) is 26.3. The Morgan fingerprint density at radius 3 is 2.76 bits per heavy atom. The average Bonchev–Trinajstić information content (AvgIpc) is 2.79. The molecule has 21 heavy (non-hydrogen) atoms. The monoisotopic (exact) mass is 288 g/mol. The van der Waals surface area contributed by atoms with Crippen LogP contribution in [0.15, 0.2) is 18.2 Å². The maximum atomic E-state index is 12.3. The molecule has 4 heteroatoms. The molecule has 1 aliphatic heterocycles. The minimum atomic E-state index is -0.246. The number of benzene rings is 1. The molecule has 1 aromatic carbocycles. The van der Waals surface area contributed by atoms with Crippen molar-refractivity contribution < 1.29 is 9.59 Å². The van der Waals surface area contributed by atoms with Crippen LogP contribution in [0.4, 0.5) is 5.69 Å². The molecule has 1 aliphatic rings. The first-order valence-corrected chi connectivity index (χ1v) is 7.63. The van der Waals surface area contributed by atoms with E-state index in [1.807, 2.05) is 32.9 Å². The number of hydrogen-bond acceptors (Lipinski definition) is 2. The van der Waals surface area contributed by atoms with Gasteiger partial charge in [0.15, 0.2) is 0 Å². The van der Waals surface area contributed by atoms with Gasteiger partial charge in [-0.2, -0.15) is 0 Å². The van der Waals surface area contributed by atoms with Crippen LogP contribution in [0.3, 0.4) is 0 Å². The molecule has 0 spiro atoms. The minimum Gasteiger partial charge on any atom is -0.354 e. The molecule has 1 aromatic rings. The van der Waals surface area contributed by atoms with Crippen LogP contribution in [0.25, 0.3) is 0 Å². The SMILES string of the molecule is CCc1cccc(C)c1N1CC(C(=O)NC(C)C)CC1=O. The van der Waals surface area contributed by atoms with Crippen LogP contribution in [-0.4, -0.2) is 24.4 Å². The number of aryl methyl sites for hydroxylation is 2. The molecule has 0 saturated carbocycles. The van der Waals surface area contributed by atoms with Crippen LogP contribution in [-0.2, 0) is 16.0 Å². The van der Waals surface area contributed by atoms with Crippen molar-refractivity contribution in [2.75, 3.05) is 11.4 Å². The highest BCUT2D eigenvalue weighted by atomic mass is 16.2. The third kappa shape index (κ3) is 3.26. The Morgan fingerprint density at radius 1 is 1.43 bits per heavy atom. The summed E-state index contributed by atoms with van der Waals surface area (Å²) in [6.45, 7) is 8.45. The van der Waals surface area contributed by atoms with Gasteiger partial charge in [-0.05, 0) is 38.3 Å². The molecule has 1 heterocycles. The third-order valence-corrected chi connectivity index (χ3v) is 3.90. The summed E-state index contributed by atoms with van der Waals surface area (Å²) in [5.74, 6) is -0.223. The van der Waals surface area contributed by atoms with Crippen LogP contribution in [0.2, 0.25) is 0 Å². The first kappa shape index (κ1) is 15.5. The quantitative estimate of drug-likeness (QED) is 0.925. The molecule has 2 rings (SSSR count). The lowest BCUT2D eigenvalue weighted by atomic mass is 10.0. The third-order valence-electron chi connectivity index (χ3n) is 3.90. The zero-order valence-corrected chi connectivity index (χ0v) is 13.3. The van der Waals surface area contributed by atoms with Crippen LogP contribution < -0.4 is 10.2 Å². The summed E-state index contributed by atoms with van der Waals surface area (Å²) in [6, 6.07) is 6.19. The van der Waals surface area contributed by atoms with Crippen molar-refractivity contribution in [2.24, 2.45) is 5.92 Å². The van der Waals surface area contributed by atoms with Crippen molar-refractivity contribution in [3.8, 4) is 0 Å². The molecule has 0 aliphatic carbocycles. The molecular formula is C17H24N2O2. The summed E-state index contributed by atoms with van der Waals surface area (Å²) in [6.07, 6.45) is 1.18. The number of hydrogen-bond donors (Lipinski definition) is 1. The molecule has 4 nitrogen and oxygen atoms in total. The summed E-state index contributed by atoms with van der Waals surface area (Å²) in [5.41, 5.74) is 3.24. The van der Waals surface area contributed by atoms with E-state index in [9.17, 15) is 9.59 Å². The highest BCUT2D eigenvalue weighted by molar-refractivity contribution is 6.01. The first-order valence-electron chi connectivity index (χ1n) is 7.63. The van der Waals surface area contributed by atoms with Crippen molar-refractivity contribution in [1.29, 1.82) is 0 Å². The minimum absolute atomic E-state index is 0.0208. The van der Waals surface area contributed by atoms with Gasteiger partial charge >= 0.3 is 0 Å². The van der Waals surface area contributed by atoms with Crippen LogP contribution in [0, 0.1) is 12.8 Å². The van der Waals surface area contributed by atoms with E-state index in [2.05, 4.69) is 18.3 Å². The van der Waals surface area contributed by atoms with E-state index < -0.39 is 0 Å². The number of nitrogens with zero attached hydrogens (tertiary/aromatic N) is 1. The normalized spacial score (nSPS) is 18.4. The van der Waals surface area contributed by atoms with Gasteiger partial charge in [-0.1, -0.05) is 25.1 Å². The Labute approximate surface area is 126 Å². The lowest BCUT2D eigenvalue weighted by Gasteiger charge is -2.22. The predicted octanol–water partition coefficient (Wildman–Crippen LogP) is 2.43. The van der Waals surface area contributed by atoms with Gasteiger partial charge in [0.2, 0.25) is 11.8 Å². The van der Waals surface area contributed by atoms with Crippen LogP contribution in [0.1, 0.15) is 38.3 Å². The van der Waals surface area contributed by atoms with Gasteiger partial charge in [-0.3, -0.25) is 9.59 Å². The van der Waals surface area contributed by atoms with Crippen molar-refractivity contribution >= 4 is 17.5 Å². The van der Waals surface area contributed by atoms with E-state index in [1.54, 1.807) is 4.90 Å². The first-order chi connectivity index (χ1) is 9.93. The van der Waals surface area contributed by atoms with Crippen molar-refractivity contribution in [2.45, 2.75) is 46.6 Å². The molecule has 0 radical (unpaired) electrons. The Kier molecular flexibility index (Phi) is 4.66. The molecule has 2 amide bonds. The number of carbonyl (C=O) groups excluding carboxylic acids is 2. The highest BCUT2D eigenvalue weighted by Crippen LogP contribution is 2.31. The zero-order valence-electron chi connectivity index (χ0n) is 13.3. The van der Waals surface area contributed by atoms with Gasteiger partial charge in [0.05, 0.1) is 5.92 Å². The summed E-state index contributed by atoms with van der Waals surface area (Å²) in [5, 5.41) is 2.90. The number of amides is 2. The molecule has 1 unspecified atom stereocenters. The van der Waals surface area contributed by atoms with Gasteiger partial charge < -0.3 is 10.2 Å². The van der Waals surface area contributed by atoms with Gasteiger partial charge in [-0.25, -0.2) is 0 Å². The van der Waals surface area contributed by atoms with Crippen molar-refractivity contribution in [1.82, 2.24) is 5.32 Å². The summed E-state index contributed by atoms with van der Waals surface area (Å²) >= 11 is 0. The Balaban J connectivity index is 2.23. The molecule has 1 fully saturated rings. The van der Waals surface area contributed by atoms with Gasteiger partial charge in [0.25, 0.3) is 0 Å². The molecule has 0 aromatic heterocycles. The molecular weight excluding hydrogens is 264 g/mol. The second-order valence-corrected chi connectivity index (χ2v) is 6.00. The molecule has 0 bridgehead atoms. The lowest BCUT2D eigenvalue weighted by molar-refractivity contribution is -0.126. The van der Waals surface area contributed by atoms with E-state index in [-0.39, 0.29) is 23.8 Å². The van der Waals surface area contributed by atoms with Crippen LogP contribution in [0.5, 0.6) is 0 Å². The molecule has 1 atom stereocenters. The van der Waals surface area contributed by atoms with E-state index in [4.69, 9.17) is 0 Å². The second-order valence-electron chi connectivity index (χ2n) is 6.00. The molecule has 1 N–H and O–H groups in total. The largest absolute Gasteiger partial charge is 0.354 e. The lowest BCUT2D eigenvalue weighted by Crippen LogP contribution is -2.37. The van der Waals surface area contributed by atoms with Gasteiger partial charge in [-0.15, -0.1) is 0 Å². The van der Waals surface area contributed by atoms with Crippen LogP contribution >= 0.6 is 0 Å². The summed E-state index contributed by atoms with van der Waals surface area (Å²) in [7, 11) is 0. The number of para-hydroxylation sites is 1. The Morgan fingerprint density at radius 2 is 2.14 bits per heavy atom. The highest BCUT2D eigenvalue weighted by Gasteiger charge is 2.36. The maximum Gasteiger partial charge on any atom is 0.227 e. The van der Waals surface area contributed by atoms with Crippen molar-refractivity contribution in [3.63, 3.8) is 0 Å². The van der Waals surface area contributed by atoms with Gasteiger partial charge in [0.1, 0.15) is 0 Å². The Bertz CT molecular complexity index is 552. The van der Waals surface area contributed by atoms with E-state index in [1.165, 1.54) is 0 Å². The average molecular weight is 288 g/mol.